The second-order valence-corrected chi connectivity index (χ2v) is 5.46. The third kappa shape index (κ3) is 6.29. The number of rotatable bonds is 8. The van der Waals surface area contributed by atoms with Gasteiger partial charge in [-0.15, -0.1) is 0 Å². The highest BCUT2D eigenvalue weighted by atomic mass is 16.5. The van der Waals surface area contributed by atoms with Gasteiger partial charge in [-0.1, -0.05) is 30.0 Å². The molecular formula is C22H23NO5. The summed E-state index contributed by atoms with van der Waals surface area (Å²) in [4.78, 5) is 11.9. The van der Waals surface area contributed by atoms with Crippen LogP contribution in [0.2, 0.25) is 0 Å². The van der Waals surface area contributed by atoms with Crippen molar-refractivity contribution in [1.82, 2.24) is 5.32 Å². The van der Waals surface area contributed by atoms with E-state index in [9.17, 15) is 4.79 Å². The largest absolute Gasteiger partial charge is 0.493 e. The van der Waals surface area contributed by atoms with E-state index >= 15 is 0 Å². The third-order valence-electron chi connectivity index (χ3n) is 3.68. The van der Waals surface area contributed by atoms with E-state index in [-0.39, 0.29) is 19.1 Å². The normalized spacial score (nSPS) is 9.96. The fourth-order valence-electron chi connectivity index (χ4n) is 2.28. The fourth-order valence-corrected chi connectivity index (χ4v) is 2.28. The molecule has 2 aromatic carbocycles. The van der Waals surface area contributed by atoms with Crippen molar-refractivity contribution >= 4 is 12.0 Å². The van der Waals surface area contributed by atoms with E-state index in [0.717, 1.165) is 5.56 Å². The first-order valence-electron chi connectivity index (χ1n) is 8.57. The molecule has 0 bridgehead atoms. The Morgan fingerprint density at radius 1 is 0.929 bits per heavy atom. The number of methoxy groups -OCH3 is 3. The van der Waals surface area contributed by atoms with Crippen LogP contribution in [-0.4, -0.2) is 40.4 Å². The van der Waals surface area contributed by atoms with Gasteiger partial charge in [-0.05, 0) is 35.9 Å². The molecule has 1 amide bonds. The molecule has 0 saturated carbocycles. The molecule has 28 heavy (non-hydrogen) atoms. The van der Waals surface area contributed by atoms with Gasteiger partial charge in [-0.2, -0.15) is 0 Å². The summed E-state index contributed by atoms with van der Waals surface area (Å²) in [6.07, 6.45) is 3.13. The van der Waals surface area contributed by atoms with Crippen molar-refractivity contribution in [3.8, 4) is 34.8 Å². The van der Waals surface area contributed by atoms with Crippen molar-refractivity contribution in [2.75, 3.05) is 34.5 Å². The highest BCUT2D eigenvalue weighted by molar-refractivity contribution is 5.91. The van der Waals surface area contributed by atoms with E-state index in [1.165, 1.54) is 6.08 Å². The molecule has 0 saturated heterocycles. The Balaban J connectivity index is 1.77. The maximum atomic E-state index is 11.9. The Bertz CT molecular complexity index is 880. The van der Waals surface area contributed by atoms with Crippen LogP contribution in [0, 0.1) is 11.8 Å². The van der Waals surface area contributed by atoms with Crippen LogP contribution in [0.3, 0.4) is 0 Å². The van der Waals surface area contributed by atoms with E-state index in [1.807, 2.05) is 24.3 Å². The third-order valence-corrected chi connectivity index (χ3v) is 3.68. The van der Waals surface area contributed by atoms with E-state index < -0.39 is 0 Å². The number of hydrogen-bond donors (Lipinski definition) is 1. The Hall–Kier alpha value is -3.59. The van der Waals surface area contributed by atoms with Crippen molar-refractivity contribution in [2.24, 2.45) is 0 Å². The molecule has 2 aromatic rings. The van der Waals surface area contributed by atoms with Crippen LogP contribution in [0.25, 0.3) is 6.08 Å². The van der Waals surface area contributed by atoms with Crippen molar-refractivity contribution in [3.05, 3.63) is 54.1 Å². The maximum Gasteiger partial charge on any atom is 0.244 e. The van der Waals surface area contributed by atoms with Crippen LogP contribution in [0.1, 0.15) is 5.56 Å². The smallest absolute Gasteiger partial charge is 0.244 e. The van der Waals surface area contributed by atoms with E-state index in [4.69, 9.17) is 18.9 Å². The number of benzene rings is 2. The number of carbonyl (C=O) groups is 1. The molecule has 0 radical (unpaired) electrons. The van der Waals surface area contributed by atoms with Gasteiger partial charge in [-0.3, -0.25) is 4.79 Å². The molecule has 2 rings (SSSR count). The van der Waals surface area contributed by atoms with Crippen molar-refractivity contribution in [3.63, 3.8) is 0 Å². The van der Waals surface area contributed by atoms with Crippen LogP contribution >= 0.6 is 0 Å². The summed E-state index contributed by atoms with van der Waals surface area (Å²) in [5.41, 5.74) is 0.823. The molecule has 0 fully saturated rings. The average molecular weight is 381 g/mol. The van der Waals surface area contributed by atoms with Gasteiger partial charge in [0.2, 0.25) is 5.91 Å². The minimum absolute atomic E-state index is 0.206. The first-order valence-corrected chi connectivity index (χ1v) is 8.57. The van der Waals surface area contributed by atoms with E-state index in [1.54, 1.807) is 45.6 Å². The van der Waals surface area contributed by atoms with Crippen molar-refractivity contribution in [2.45, 2.75) is 0 Å². The predicted molar refractivity (Wildman–Crippen MR) is 108 cm³/mol. The van der Waals surface area contributed by atoms with Gasteiger partial charge in [-0.25, -0.2) is 0 Å². The minimum atomic E-state index is -0.241. The monoisotopic (exact) mass is 381 g/mol. The van der Waals surface area contributed by atoms with Gasteiger partial charge in [0.05, 0.1) is 27.9 Å². The first kappa shape index (κ1) is 20.7. The summed E-state index contributed by atoms with van der Waals surface area (Å²) in [6, 6.07) is 12.7. The van der Waals surface area contributed by atoms with Gasteiger partial charge in [0, 0.05) is 6.08 Å². The lowest BCUT2D eigenvalue weighted by Crippen LogP contribution is -2.21. The lowest BCUT2D eigenvalue weighted by atomic mass is 10.2. The molecule has 0 heterocycles. The quantitative estimate of drug-likeness (QED) is 0.563. The SMILES string of the molecule is COc1ccc(/C=C/C(=O)NCC#CCOc2ccccc2OC)cc1OC. The number of ether oxygens (including phenoxy) is 4. The number of hydrogen-bond acceptors (Lipinski definition) is 5. The Morgan fingerprint density at radius 3 is 2.32 bits per heavy atom. The van der Waals surface area contributed by atoms with E-state index in [2.05, 4.69) is 17.2 Å². The molecule has 1 N–H and O–H groups in total. The first-order chi connectivity index (χ1) is 13.7. The van der Waals surface area contributed by atoms with Crippen LogP contribution in [-0.2, 0) is 4.79 Å². The fraction of sp³-hybridized carbons (Fsp3) is 0.227. The van der Waals surface area contributed by atoms with Crippen LogP contribution in [0.4, 0.5) is 0 Å². The molecule has 6 nitrogen and oxygen atoms in total. The number of para-hydroxylation sites is 2. The summed E-state index contributed by atoms with van der Waals surface area (Å²) in [5, 5.41) is 2.69. The highest BCUT2D eigenvalue weighted by Gasteiger charge is 2.03. The topological polar surface area (TPSA) is 66.0 Å². The van der Waals surface area contributed by atoms with Gasteiger partial charge < -0.3 is 24.3 Å². The summed E-state index contributed by atoms with van der Waals surface area (Å²) in [5.74, 6) is 7.96. The second kappa shape index (κ2) is 11.2. The molecule has 0 unspecified atom stereocenters. The summed E-state index contributed by atoms with van der Waals surface area (Å²) in [7, 11) is 4.72. The average Bonchev–Trinajstić information content (AvgIpc) is 2.74. The van der Waals surface area contributed by atoms with Gasteiger partial charge in [0.1, 0.15) is 6.61 Å². The number of amides is 1. The van der Waals surface area contributed by atoms with Gasteiger partial charge >= 0.3 is 0 Å². The Morgan fingerprint density at radius 2 is 1.61 bits per heavy atom. The second-order valence-electron chi connectivity index (χ2n) is 5.46. The Kier molecular flexibility index (Phi) is 8.28. The number of carbonyl (C=O) groups excluding carboxylic acids is 1. The zero-order valence-electron chi connectivity index (χ0n) is 16.2. The standard InChI is InChI=1S/C22H23NO5/c1-25-18-8-4-5-9-20(18)28-15-7-6-14-23-22(24)13-11-17-10-12-19(26-2)21(16-17)27-3/h4-5,8-13,16H,14-15H2,1-3H3,(H,23,24)/b13-11+. The highest BCUT2D eigenvalue weighted by Crippen LogP contribution is 2.28. The Labute approximate surface area is 165 Å². The minimum Gasteiger partial charge on any atom is -0.493 e. The van der Waals surface area contributed by atoms with Crippen LogP contribution < -0.4 is 24.3 Å². The van der Waals surface area contributed by atoms with E-state index in [0.29, 0.717) is 23.0 Å². The zero-order valence-corrected chi connectivity index (χ0v) is 16.2. The lowest BCUT2D eigenvalue weighted by molar-refractivity contribution is -0.116. The van der Waals surface area contributed by atoms with Crippen LogP contribution in [0.15, 0.2) is 48.5 Å². The van der Waals surface area contributed by atoms with Gasteiger partial charge in [0.15, 0.2) is 23.0 Å². The summed E-state index contributed by atoms with van der Waals surface area (Å²) >= 11 is 0. The molecule has 0 aliphatic rings. The molecule has 0 atom stereocenters. The lowest BCUT2D eigenvalue weighted by Gasteiger charge is -2.07. The summed E-state index contributed by atoms with van der Waals surface area (Å²) in [6.45, 7) is 0.433. The van der Waals surface area contributed by atoms with Crippen molar-refractivity contribution in [1.29, 1.82) is 0 Å². The summed E-state index contributed by atoms with van der Waals surface area (Å²) < 4.78 is 21.1. The molecule has 6 heteroatoms. The van der Waals surface area contributed by atoms with Crippen LogP contribution in [0.5, 0.6) is 23.0 Å². The molecule has 0 spiro atoms. The molecule has 146 valence electrons. The predicted octanol–water partition coefficient (Wildman–Crippen LogP) is 2.92. The maximum absolute atomic E-state index is 11.9. The molecular weight excluding hydrogens is 358 g/mol. The van der Waals surface area contributed by atoms with Crippen molar-refractivity contribution < 1.29 is 23.7 Å². The zero-order chi connectivity index (χ0) is 20.2. The van der Waals surface area contributed by atoms with Gasteiger partial charge in [0.25, 0.3) is 0 Å². The molecule has 0 aromatic heterocycles. The number of nitrogens with one attached hydrogen (secondary N) is 1. The molecule has 0 aliphatic heterocycles. The molecule has 0 aliphatic carbocycles.